The normalized spacial score (nSPS) is 13.5. The summed E-state index contributed by atoms with van der Waals surface area (Å²) < 4.78 is 1.80. The van der Waals surface area contributed by atoms with Gasteiger partial charge in [-0.3, -0.25) is 0 Å². The molecule has 1 aromatic heterocycles. The number of alkyl halides is 1. The summed E-state index contributed by atoms with van der Waals surface area (Å²) in [6.45, 7) is 1.90. The molecule has 0 aliphatic heterocycles. The molecule has 1 atom stereocenters. The summed E-state index contributed by atoms with van der Waals surface area (Å²) in [5.74, 6) is 0. The summed E-state index contributed by atoms with van der Waals surface area (Å²) in [4.78, 5) is 0. The predicted octanol–water partition coefficient (Wildman–Crippen LogP) is 2.79. The van der Waals surface area contributed by atoms with Gasteiger partial charge in [-0.2, -0.15) is 5.10 Å². The van der Waals surface area contributed by atoms with E-state index in [9.17, 15) is 0 Å². The molecule has 0 bridgehead atoms. The van der Waals surface area contributed by atoms with Crippen molar-refractivity contribution in [2.24, 2.45) is 0 Å². The number of fused-ring (bicyclic) bond motifs is 1. The maximum atomic E-state index is 5.92. The molecule has 62 valence electrons. The smallest absolute Gasteiger partial charge is 0.123 e. The molecule has 1 unspecified atom stereocenters. The van der Waals surface area contributed by atoms with Gasteiger partial charge in [-0.15, -0.1) is 0 Å². The van der Waals surface area contributed by atoms with E-state index in [1.165, 1.54) is 0 Å². The maximum Gasteiger partial charge on any atom is 0.123 e. The van der Waals surface area contributed by atoms with Gasteiger partial charge in [0.15, 0.2) is 0 Å². The number of halogens is 1. The SMILES string of the molecule is CC(Cl)n1ncc2ccccc21. The van der Waals surface area contributed by atoms with Crippen molar-refractivity contribution in [2.75, 3.05) is 0 Å². The molecule has 2 nitrogen and oxygen atoms in total. The minimum atomic E-state index is -0.0927. The van der Waals surface area contributed by atoms with Gasteiger partial charge >= 0.3 is 0 Å². The van der Waals surface area contributed by atoms with Crippen LogP contribution in [-0.4, -0.2) is 9.78 Å². The Bertz CT molecular complexity index is 392. The summed E-state index contributed by atoms with van der Waals surface area (Å²) in [7, 11) is 0. The number of rotatable bonds is 1. The van der Waals surface area contributed by atoms with Crippen molar-refractivity contribution in [1.29, 1.82) is 0 Å². The second-order valence-corrected chi connectivity index (χ2v) is 3.35. The van der Waals surface area contributed by atoms with Crippen molar-refractivity contribution in [2.45, 2.75) is 12.4 Å². The zero-order valence-corrected chi connectivity index (χ0v) is 7.49. The zero-order chi connectivity index (χ0) is 8.55. The molecule has 12 heavy (non-hydrogen) atoms. The average Bonchev–Trinajstić information content (AvgIpc) is 2.47. The van der Waals surface area contributed by atoms with Crippen molar-refractivity contribution in [1.82, 2.24) is 9.78 Å². The Morgan fingerprint density at radius 1 is 1.42 bits per heavy atom. The minimum Gasteiger partial charge on any atom is -0.247 e. The minimum absolute atomic E-state index is 0.0927. The topological polar surface area (TPSA) is 17.8 Å². The first-order valence-corrected chi connectivity index (χ1v) is 4.29. The third-order valence-electron chi connectivity index (χ3n) is 1.84. The van der Waals surface area contributed by atoms with E-state index in [0.29, 0.717) is 0 Å². The Balaban J connectivity index is 2.70. The van der Waals surface area contributed by atoms with Crippen LogP contribution in [0.5, 0.6) is 0 Å². The lowest BCUT2D eigenvalue weighted by atomic mass is 10.3. The van der Waals surface area contributed by atoms with Crippen LogP contribution in [0, 0.1) is 0 Å². The average molecular weight is 181 g/mol. The third kappa shape index (κ3) is 1.08. The van der Waals surface area contributed by atoms with Gasteiger partial charge in [0.25, 0.3) is 0 Å². The molecule has 0 aliphatic carbocycles. The van der Waals surface area contributed by atoms with E-state index < -0.39 is 0 Å². The number of aromatic nitrogens is 2. The highest BCUT2D eigenvalue weighted by Crippen LogP contribution is 2.18. The highest BCUT2D eigenvalue weighted by molar-refractivity contribution is 6.19. The third-order valence-corrected chi connectivity index (χ3v) is 2.03. The Labute approximate surface area is 75.8 Å². The van der Waals surface area contributed by atoms with Crippen molar-refractivity contribution in [3.63, 3.8) is 0 Å². The fourth-order valence-corrected chi connectivity index (χ4v) is 1.43. The van der Waals surface area contributed by atoms with Crippen molar-refractivity contribution in [3.8, 4) is 0 Å². The van der Waals surface area contributed by atoms with Gasteiger partial charge in [0.05, 0.1) is 11.7 Å². The van der Waals surface area contributed by atoms with Gasteiger partial charge in [-0.1, -0.05) is 29.8 Å². The van der Waals surface area contributed by atoms with Crippen LogP contribution in [-0.2, 0) is 0 Å². The Morgan fingerprint density at radius 3 is 2.92 bits per heavy atom. The molecule has 2 aromatic rings. The number of nitrogens with zero attached hydrogens (tertiary/aromatic N) is 2. The lowest BCUT2D eigenvalue weighted by molar-refractivity contribution is 0.656. The summed E-state index contributed by atoms with van der Waals surface area (Å²) in [5.41, 5.74) is 0.991. The number of hydrogen-bond acceptors (Lipinski definition) is 1. The summed E-state index contributed by atoms with van der Waals surface area (Å²) in [6, 6.07) is 8.02. The first-order chi connectivity index (χ1) is 5.79. The molecule has 1 aromatic carbocycles. The lowest BCUT2D eigenvalue weighted by Crippen LogP contribution is -1.98. The predicted molar refractivity (Wildman–Crippen MR) is 50.3 cm³/mol. The lowest BCUT2D eigenvalue weighted by Gasteiger charge is -2.03. The van der Waals surface area contributed by atoms with E-state index >= 15 is 0 Å². The Kier molecular flexibility index (Phi) is 1.77. The number of para-hydroxylation sites is 1. The van der Waals surface area contributed by atoms with Crippen LogP contribution in [0.4, 0.5) is 0 Å². The molecule has 0 amide bonds. The standard InChI is InChI=1S/C9H9ClN2/c1-7(10)12-9-5-3-2-4-8(9)6-11-12/h2-7H,1H3. The zero-order valence-electron chi connectivity index (χ0n) is 6.74. The van der Waals surface area contributed by atoms with Gasteiger partial charge in [-0.25, -0.2) is 4.68 Å². The van der Waals surface area contributed by atoms with Gasteiger partial charge in [0, 0.05) is 5.39 Å². The van der Waals surface area contributed by atoms with Crippen LogP contribution < -0.4 is 0 Å². The van der Waals surface area contributed by atoms with E-state index in [0.717, 1.165) is 10.9 Å². The van der Waals surface area contributed by atoms with Crippen LogP contribution >= 0.6 is 11.6 Å². The number of hydrogen-bond donors (Lipinski definition) is 0. The highest BCUT2D eigenvalue weighted by atomic mass is 35.5. The van der Waals surface area contributed by atoms with Crippen LogP contribution in [0.25, 0.3) is 10.9 Å². The van der Waals surface area contributed by atoms with Crippen LogP contribution in [0.2, 0.25) is 0 Å². The second-order valence-electron chi connectivity index (χ2n) is 2.72. The first kappa shape index (κ1) is 7.62. The van der Waals surface area contributed by atoms with Crippen LogP contribution in [0.15, 0.2) is 30.5 Å². The van der Waals surface area contributed by atoms with Crippen LogP contribution in [0.1, 0.15) is 12.4 Å². The fraction of sp³-hybridized carbons (Fsp3) is 0.222. The monoisotopic (exact) mass is 180 g/mol. The van der Waals surface area contributed by atoms with Gasteiger partial charge < -0.3 is 0 Å². The van der Waals surface area contributed by atoms with E-state index in [1.807, 2.05) is 37.4 Å². The molecular weight excluding hydrogens is 172 g/mol. The molecule has 3 heteroatoms. The van der Waals surface area contributed by atoms with E-state index in [2.05, 4.69) is 5.10 Å². The van der Waals surface area contributed by atoms with Crippen LogP contribution in [0.3, 0.4) is 0 Å². The highest BCUT2D eigenvalue weighted by Gasteiger charge is 2.04. The summed E-state index contributed by atoms with van der Waals surface area (Å²) >= 11 is 5.92. The molecule has 2 rings (SSSR count). The fourth-order valence-electron chi connectivity index (χ4n) is 1.28. The van der Waals surface area contributed by atoms with Gasteiger partial charge in [-0.05, 0) is 13.0 Å². The van der Waals surface area contributed by atoms with E-state index in [1.54, 1.807) is 4.68 Å². The molecule has 0 spiro atoms. The van der Waals surface area contributed by atoms with Gasteiger partial charge in [0.2, 0.25) is 0 Å². The van der Waals surface area contributed by atoms with Crippen molar-refractivity contribution < 1.29 is 0 Å². The Hall–Kier alpha value is -1.02. The van der Waals surface area contributed by atoms with E-state index in [-0.39, 0.29) is 5.50 Å². The molecule has 0 aliphatic rings. The Morgan fingerprint density at radius 2 is 2.17 bits per heavy atom. The molecule has 0 saturated heterocycles. The molecule has 0 fully saturated rings. The maximum absolute atomic E-state index is 5.92. The molecule has 0 radical (unpaired) electrons. The molecular formula is C9H9ClN2. The first-order valence-electron chi connectivity index (χ1n) is 3.85. The quantitative estimate of drug-likeness (QED) is 0.618. The number of benzene rings is 1. The second kappa shape index (κ2) is 2.79. The molecule has 0 N–H and O–H groups in total. The van der Waals surface area contributed by atoms with Crippen molar-refractivity contribution >= 4 is 22.5 Å². The molecule has 1 heterocycles. The molecule has 0 saturated carbocycles. The summed E-state index contributed by atoms with van der Waals surface area (Å²) in [5, 5.41) is 5.31. The van der Waals surface area contributed by atoms with Gasteiger partial charge in [0.1, 0.15) is 5.50 Å². The largest absolute Gasteiger partial charge is 0.247 e. The van der Waals surface area contributed by atoms with Crippen molar-refractivity contribution in [3.05, 3.63) is 30.5 Å². The van der Waals surface area contributed by atoms with E-state index in [4.69, 9.17) is 11.6 Å². The summed E-state index contributed by atoms with van der Waals surface area (Å²) in [6.07, 6.45) is 1.83.